The summed E-state index contributed by atoms with van der Waals surface area (Å²) in [4.78, 5) is 12.7. The molecule has 0 fully saturated rings. The van der Waals surface area contributed by atoms with Crippen molar-refractivity contribution in [2.45, 2.75) is 31.4 Å². The topological polar surface area (TPSA) is 58.6 Å². The van der Waals surface area contributed by atoms with Crippen LogP contribution in [0.4, 0.5) is 0 Å². The maximum Gasteiger partial charge on any atom is 0.258 e. The third-order valence-electron chi connectivity index (χ3n) is 5.36. The lowest BCUT2D eigenvalue weighted by molar-refractivity contribution is -0.123. The van der Waals surface area contributed by atoms with Gasteiger partial charge in [-0.15, -0.1) is 0 Å². The molecule has 2 N–H and O–H groups in total. The Labute approximate surface area is 171 Å². The smallest absolute Gasteiger partial charge is 0.258 e. The van der Waals surface area contributed by atoms with E-state index >= 15 is 0 Å². The summed E-state index contributed by atoms with van der Waals surface area (Å²) in [6.07, 6.45) is 2.11. The number of benzene rings is 3. The molecule has 4 nitrogen and oxygen atoms in total. The Kier molecular flexibility index (Phi) is 5.92. The Balaban J connectivity index is 1.48. The Bertz CT molecular complexity index is 917. The Hall–Kier alpha value is -3.11. The molecule has 1 aliphatic rings. The molecule has 0 aromatic heterocycles. The number of aliphatic hydroxyl groups excluding tert-OH is 1. The van der Waals surface area contributed by atoms with Crippen molar-refractivity contribution in [2.75, 3.05) is 6.61 Å². The molecule has 1 atom stereocenters. The van der Waals surface area contributed by atoms with E-state index in [1.165, 1.54) is 0 Å². The van der Waals surface area contributed by atoms with Crippen LogP contribution in [0, 0.1) is 0 Å². The minimum absolute atomic E-state index is 0.0668. The summed E-state index contributed by atoms with van der Waals surface area (Å²) in [6.45, 7) is -0.0668. The lowest BCUT2D eigenvalue weighted by Gasteiger charge is -2.24. The molecule has 3 aromatic carbocycles. The van der Waals surface area contributed by atoms with Gasteiger partial charge in [0.15, 0.2) is 6.61 Å². The second kappa shape index (κ2) is 8.93. The van der Waals surface area contributed by atoms with E-state index in [2.05, 4.69) is 5.32 Å². The average Bonchev–Trinajstić information content (AvgIpc) is 2.77. The number of fused-ring (bicyclic) bond motifs is 1. The van der Waals surface area contributed by atoms with E-state index in [-0.39, 0.29) is 18.6 Å². The van der Waals surface area contributed by atoms with Gasteiger partial charge in [-0.2, -0.15) is 0 Å². The third kappa shape index (κ3) is 4.49. The second-order valence-corrected chi connectivity index (χ2v) is 7.34. The van der Waals surface area contributed by atoms with Crippen molar-refractivity contribution in [1.82, 2.24) is 5.32 Å². The summed E-state index contributed by atoms with van der Waals surface area (Å²) in [5.74, 6) is 0.504. The number of carbonyl (C=O) groups is 1. The molecule has 0 saturated heterocycles. The monoisotopic (exact) mass is 387 g/mol. The van der Waals surface area contributed by atoms with E-state index in [4.69, 9.17) is 4.74 Å². The second-order valence-electron chi connectivity index (χ2n) is 7.34. The number of hydrogen-bond donors (Lipinski definition) is 2. The quantitative estimate of drug-likeness (QED) is 0.661. The number of rotatable bonds is 6. The minimum atomic E-state index is -0.448. The number of hydrogen-bond acceptors (Lipinski definition) is 3. The van der Waals surface area contributed by atoms with Crippen LogP contribution in [0.5, 0.6) is 5.75 Å². The lowest BCUT2D eigenvalue weighted by Crippen LogP contribution is -2.33. The number of ether oxygens (including phenoxy) is 1. The van der Waals surface area contributed by atoms with Crippen LogP contribution in [0.1, 0.15) is 47.2 Å². The average molecular weight is 387 g/mol. The fourth-order valence-corrected chi connectivity index (χ4v) is 3.92. The molecule has 0 saturated carbocycles. The van der Waals surface area contributed by atoms with Gasteiger partial charge in [0.2, 0.25) is 0 Å². The van der Waals surface area contributed by atoms with Gasteiger partial charge >= 0.3 is 0 Å². The highest BCUT2D eigenvalue weighted by molar-refractivity contribution is 5.78. The van der Waals surface area contributed by atoms with Crippen LogP contribution >= 0.6 is 0 Å². The van der Waals surface area contributed by atoms with Crippen molar-refractivity contribution in [2.24, 2.45) is 0 Å². The highest BCUT2D eigenvalue weighted by Gasteiger charge is 2.22. The van der Waals surface area contributed by atoms with Crippen molar-refractivity contribution in [1.29, 1.82) is 0 Å². The van der Waals surface area contributed by atoms with Gasteiger partial charge in [-0.25, -0.2) is 0 Å². The van der Waals surface area contributed by atoms with Crippen LogP contribution in [-0.2, 0) is 11.2 Å². The van der Waals surface area contributed by atoms with Crippen molar-refractivity contribution in [3.8, 4) is 5.75 Å². The van der Waals surface area contributed by atoms with Crippen LogP contribution in [-0.4, -0.2) is 17.6 Å². The van der Waals surface area contributed by atoms with Gasteiger partial charge in [0.25, 0.3) is 5.91 Å². The molecule has 29 heavy (non-hydrogen) atoms. The van der Waals surface area contributed by atoms with Gasteiger partial charge < -0.3 is 15.2 Å². The lowest BCUT2D eigenvalue weighted by atomic mass is 9.89. The summed E-state index contributed by atoms with van der Waals surface area (Å²) < 4.78 is 5.86. The molecule has 3 aromatic rings. The van der Waals surface area contributed by atoms with E-state index in [0.29, 0.717) is 5.75 Å². The normalized spacial score (nSPS) is 15.6. The van der Waals surface area contributed by atoms with Crippen LogP contribution in [0.2, 0.25) is 0 Å². The number of carbonyl (C=O) groups excluding carboxylic acids is 1. The largest absolute Gasteiger partial charge is 0.483 e. The molecule has 4 rings (SSSR count). The molecule has 0 spiro atoms. The first-order valence-corrected chi connectivity index (χ1v) is 10.0. The molecule has 1 amide bonds. The van der Waals surface area contributed by atoms with Crippen molar-refractivity contribution in [3.63, 3.8) is 0 Å². The zero-order chi connectivity index (χ0) is 20.1. The first-order valence-electron chi connectivity index (χ1n) is 10.0. The maximum absolute atomic E-state index is 12.7. The van der Waals surface area contributed by atoms with E-state index in [1.54, 1.807) is 0 Å². The fourth-order valence-electron chi connectivity index (χ4n) is 3.92. The summed E-state index contributed by atoms with van der Waals surface area (Å²) in [5.41, 5.74) is 3.97. The molecule has 148 valence electrons. The van der Waals surface area contributed by atoms with E-state index in [0.717, 1.165) is 41.5 Å². The minimum Gasteiger partial charge on any atom is -0.483 e. The molecule has 0 bridgehead atoms. The van der Waals surface area contributed by atoms with Crippen LogP contribution in [0.3, 0.4) is 0 Å². The summed E-state index contributed by atoms with van der Waals surface area (Å²) >= 11 is 0. The van der Waals surface area contributed by atoms with E-state index < -0.39 is 6.10 Å². The van der Waals surface area contributed by atoms with Crippen LogP contribution in [0.25, 0.3) is 0 Å². The Morgan fingerprint density at radius 1 is 0.966 bits per heavy atom. The molecule has 0 unspecified atom stereocenters. The zero-order valence-corrected chi connectivity index (χ0v) is 16.3. The molecule has 1 aliphatic carbocycles. The summed E-state index contributed by atoms with van der Waals surface area (Å²) in [5, 5.41) is 13.3. The zero-order valence-electron chi connectivity index (χ0n) is 16.3. The van der Waals surface area contributed by atoms with Crippen molar-refractivity contribution in [3.05, 3.63) is 101 Å². The summed E-state index contributed by atoms with van der Waals surface area (Å²) in [6, 6.07) is 25.3. The Morgan fingerprint density at radius 2 is 1.62 bits per heavy atom. The van der Waals surface area contributed by atoms with Gasteiger partial charge in [0, 0.05) is 0 Å². The van der Waals surface area contributed by atoms with Gasteiger partial charge in [0.05, 0.1) is 12.1 Å². The third-order valence-corrected chi connectivity index (χ3v) is 5.36. The molecule has 4 heteroatoms. The van der Waals surface area contributed by atoms with Crippen molar-refractivity contribution >= 4 is 5.91 Å². The molecule has 0 radical (unpaired) electrons. The number of amides is 1. The first-order chi connectivity index (χ1) is 14.2. The first kappa shape index (κ1) is 19.2. The molecule has 0 aliphatic heterocycles. The standard InChI is InChI=1S/C25H25NO3/c27-22-15-7-14-21-20(22)13-8-16-23(21)29-17-24(28)26-25(18-9-3-1-4-10-18)19-11-5-2-6-12-19/h1-6,8-13,16,22,25,27H,7,14-15,17H2,(H,26,28)/t22-/m1/s1. The van der Waals surface area contributed by atoms with Gasteiger partial charge in [-0.05, 0) is 47.6 Å². The summed E-state index contributed by atoms with van der Waals surface area (Å²) in [7, 11) is 0. The van der Waals surface area contributed by atoms with Gasteiger partial charge in [-0.1, -0.05) is 72.8 Å². The Morgan fingerprint density at radius 3 is 2.28 bits per heavy atom. The number of aliphatic hydroxyl groups is 1. The van der Waals surface area contributed by atoms with Crippen LogP contribution in [0.15, 0.2) is 78.9 Å². The molecular formula is C25H25NO3. The maximum atomic E-state index is 12.7. The highest BCUT2D eigenvalue weighted by Crippen LogP contribution is 2.35. The van der Waals surface area contributed by atoms with Gasteiger partial charge in [0.1, 0.15) is 5.75 Å². The predicted molar refractivity (Wildman–Crippen MR) is 113 cm³/mol. The molecular weight excluding hydrogens is 362 g/mol. The molecule has 0 heterocycles. The van der Waals surface area contributed by atoms with E-state index in [9.17, 15) is 9.90 Å². The highest BCUT2D eigenvalue weighted by atomic mass is 16.5. The van der Waals surface area contributed by atoms with Gasteiger partial charge in [-0.3, -0.25) is 4.79 Å². The fraction of sp³-hybridized carbons (Fsp3) is 0.240. The SMILES string of the molecule is O=C(COc1cccc2c1CCC[C@H]2O)NC(c1ccccc1)c1ccccc1. The van der Waals surface area contributed by atoms with Crippen molar-refractivity contribution < 1.29 is 14.6 Å². The number of nitrogens with one attached hydrogen (secondary N) is 1. The van der Waals surface area contributed by atoms with E-state index in [1.807, 2.05) is 78.9 Å². The predicted octanol–water partition coefficient (Wildman–Crippen LogP) is 4.34. The van der Waals surface area contributed by atoms with Crippen LogP contribution < -0.4 is 10.1 Å².